The van der Waals surface area contributed by atoms with Crippen molar-refractivity contribution < 1.29 is 4.74 Å². The number of aryl methyl sites for hydroxylation is 1. The molecule has 3 heteroatoms. The molecule has 0 spiro atoms. The first-order chi connectivity index (χ1) is 14.4. The van der Waals surface area contributed by atoms with Crippen molar-refractivity contribution in [1.29, 1.82) is 0 Å². The molecule has 2 atom stereocenters. The first kappa shape index (κ1) is 18.9. The van der Waals surface area contributed by atoms with Gasteiger partial charge in [-0.25, -0.2) is 5.01 Å². The SMILES string of the molecule is Cc1ccc(C2=NN3[C@@H](C2)c2ccccc2O[C@H]3c2ccc(C(C)(C)C)cc2)cc1. The predicted molar refractivity (Wildman–Crippen MR) is 122 cm³/mol. The zero-order chi connectivity index (χ0) is 20.9. The number of hydrogen-bond donors (Lipinski definition) is 0. The third-order valence-corrected chi connectivity index (χ3v) is 6.15. The maximum Gasteiger partial charge on any atom is 0.213 e. The number of hydrogen-bond acceptors (Lipinski definition) is 3. The summed E-state index contributed by atoms with van der Waals surface area (Å²) in [4.78, 5) is 0. The Kier molecular flexibility index (Phi) is 4.43. The van der Waals surface area contributed by atoms with Gasteiger partial charge < -0.3 is 4.74 Å². The Morgan fingerprint density at radius 1 is 0.900 bits per heavy atom. The molecule has 0 aliphatic carbocycles. The van der Waals surface area contributed by atoms with Crippen molar-refractivity contribution in [3.8, 4) is 5.75 Å². The molecule has 152 valence electrons. The second-order valence-electron chi connectivity index (χ2n) is 9.39. The summed E-state index contributed by atoms with van der Waals surface area (Å²) < 4.78 is 6.48. The van der Waals surface area contributed by atoms with E-state index in [4.69, 9.17) is 9.84 Å². The standard InChI is InChI=1S/C27H28N2O/c1-18-9-11-19(12-10-18)23-17-24-22-7-5-6-8-25(22)30-26(29(24)28-23)20-13-15-21(16-14-20)27(2,3)4/h5-16,24,26H,17H2,1-4H3/t24-,26-/m0/s1. The smallest absolute Gasteiger partial charge is 0.213 e. The summed E-state index contributed by atoms with van der Waals surface area (Å²) in [5.74, 6) is 0.962. The van der Waals surface area contributed by atoms with Gasteiger partial charge in [0, 0.05) is 17.5 Å². The topological polar surface area (TPSA) is 24.8 Å². The predicted octanol–water partition coefficient (Wildman–Crippen LogP) is 6.53. The lowest BCUT2D eigenvalue weighted by atomic mass is 9.86. The molecule has 0 bridgehead atoms. The highest BCUT2D eigenvalue weighted by Crippen LogP contribution is 2.47. The van der Waals surface area contributed by atoms with Gasteiger partial charge in [0.2, 0.25) is 6.23 Å². The highest BCUT2D eigenvalue weighted by atomic mass is 16.5. The number of nitrogens with zero attached hydrogens (tertiary/aromatic N) is 2. The molecule has 0 saturated carbocycles. The Bertz CT molecular complexity index is 1090. The molecule has 2 aliphatic heterocycles. The van der Waals surface area contributed by atoms with Gasteiger partial charge in [-0.05, 0) is 29.5 Å². The zero-order valence-corrected chi connectivity index (χ0v) is 18.1. The normalized spacial score (nSPS) is 20.3. The van der Waals surface area contributed by atoms with Gasteiger partial charge in [-0.3, -0.25) is 0 Å². The van der Waals surface area contributed by atoms with Gasteiger partial charge in [-0.15, -0.1) is 0 Å². The molecule has 0 N–H and O–H groups in total. The van der Waals surface area contributed by atoms with Gasteiger partial charge in [0.15, 0.2) is 0 Å². The Hall–Kier alpha value is -3.07. The second kappa shape index (κ2) is 7.02. The highest BCUT2D eigenvalue weighted by molar-refractivity contribution is 6.02. The summed E-state index contributed by atoms with van der Waals surface area (Å²) in [6, 6.07) is 26.0. The van der Waals surface area contributed by atoms with E-state index in [2.05, 4.69) is 99.4 Å². The van der Waals surface area contributed by atoms with E-state index < -0.39 is 0 Å². The maximum atomic E-state index is 6.48. The number of para-hydroxylation sites is 1. The van der Waals surface area contributed by atoms with Crippen LogP contribution in [0.1, 0.15) is 67.3 Å². The van der Waals surface area contributed by atoms with Crippen LogP contribution in [0.15, 0.2) is 77.9 Å². The van der Waals surface area contributed by atoms with Gasteiger partial charge in [0.1, 0.15) is 5.75 Å². The third-order valence-electron chi connectivity index (χ3n) is 6.15. The van der Waals surface area contributed by atoms with Crippen LogP contribution < -0.4 is 4.74 Å². The minimum absolute atomic E-state index is 0.130. The summed E-state index contributed by atoms with van der Waals surface area (Å²) in [6.45, 7) is 8.84. The zero-order valence-electron chi connectivity index (χ0n) is 18.1. The van der Waals surface area contributed by atoms with Crippen molar-refractivity contribution in [1.82, 2.24) is 5.01 Å². The Balaban J connectivity index is 1.55. The molecule has 30 heavy (non-hydrogen) atoms. The molecule has 0 fully saturated rings. The fourth-order valence-electron chi connectivity index (χ4n) is 4.32. The molecule has 5 rings (SSSR count). The number of hydrazone groups is 1. The van der Waals surface area contributed by atoms with E-state index in [1.165, 1.54) is 22.3 Å². The summed E-state index contributed by atoms with van der Waals surface area (Å²) in [7, 11) is 0. The van der Waals surface area contributed by atoms with Crippen LogP contribution in [0.5, 0.6) is 5.75 Å². The fraction of sp³-hybridized carbons (Fsp3) is 0.296. The summed E-state index contributed by atoms with van der Waals surface area (Å²) >= 11 is 0. The molecule has 2 aliphatic rings. The van der Waals surface area contributed by atoms with Crippen LogP contribution in [0.2, 0.25) is 0 Å². The minimum Gasteiger partial charge on any atom is -0.464 e. The maximum absolute atomic E-state index is 6.48. The van der Waals surface area contributed by atoms with Crippen molar-refractivity contribution in [2.75, 3.05) is 0 Å². The van der Waals surface area contributed by atoms with E-state index in [1.807, 2.05) is 6.07 Å². The van der Waals surface area contributed by atoms with Gasteiger partial charge in [0.05, 0.1) is 11.8 Å². The molecule has 0 radical (unpaired) electrons. The Labute approximate surface area is 179 Å². The van der Waals surface area contributed by atoms with Gasteiger partial charge in [0.25, 0.3) is 0 Å². The third kappa shape index (κ3) is 3.28. The molecular formula is C27H28N2O. The average Bonchev–Trinajstić information content (AvgIpc) is 3.19. The van der Waals surface area contributed by atoms with E-state index in [1.54, 1.807) is 0 Å². The molecule has 0 amide bonds. The van der Waals surface area contributed by atoms with E-state index in [9.17, 15) is 0 Å². The van der Waals surface area contributed by atoms with Crippen molar-refractivity contribution >= 4 is 5.71 Å². The van der Waals surface area contributed by atoms with Gasteiger partial charge in [-0.1, -0.05) is 93.1 Å². The van der Waals surface area contributed by atoms with E-state index in [0.29, 0.717) is 0 Å². The molecule has 0 aromatic heterocycles. The lowest BCUT2D eigenvalue weighted by molar-refractivity contribution is -0.0190. The van der Waals surface area contributed by atoms with Gasteiger partial charge in [-0.2, -0.15) is 5.10 Å². The first-order valence-electron chi connectivity index (χ1n) is 10.7. The average molecular weight is 397 g/mol. The minimum atomic E-state index is -0.220. The molecular weight excluding hydrogens is 368 g/mol. The van der Waals surface area contributed by atoms with Crippen LogP contribution in [-0.4, -0.2) is 10.7 Å². The number of rotatable bonds is 2. The molecule has 0 unspecified atom stereocenters. The Morgan fingerprint density at radius 2 is 1.60 bits per heavy atom. The van der Waals surface area contributed by atoms with E-state index >= 15 is 0 Å². The Morgan fingerprint density at radius 3 is 2.30 bits per heavy atom. The van der Waals surface area contributed by atoms with Crippen LogP contribution >= 0.6 is 0 Å². The van der Waals surface area contributed by atoms with Crippen molar-refractivity contribution in [3.05, 3.63) is 101 Å². The number of ether oxygens (including phenoxy) is 1. The van der Waals surface area contributed by atoms with Crippen LogP contribution in [-0.2, 0) is 5.41 Å². The van der Waals surface area contributed by atoms with Crippen LogP contribution in [0, 0.1) is 6.92 Å². The first-order valence-corrected chi connectivity index (χ1v) is 10.7. The van der Waals surface area contributed by atoms with E-state index in [-0.39, 0.29) is 17.7 Å². The van der Waals surface area contributed by atoms with Crippen LogP contribution in [0.4, 0.5) is 0 Å². The van der Waals surface area contributed by atoms with E-state index in [0.717, 1.165) is 23.4 Å². The van der Waals surface area contributed by atoms with Crippen molar-refractivity contribution in [2.24, 2.45) is 5.10 Å². The van der Waals surface area contributed by atoms with Gasteiger partial charge >= 0.3 is 0 Å². The summed E-state index contributed by atoms with van der Waals surface area (Å²) in [6.07, 6.45) is 0.668. The molecule has 0 saturated heterocycles. The quantitative estimate of drug-likeness (QED) is 0.492. The number of benzene rings is 3. The summed E-state index contributed by atoms with van der Waals surface area (Å²) in [5.41, 5.74) is 7.38. The fourth-order valence-corrected chi connectivity index (χ4v) is 4.32. The van der Waals surface area contributed by atoms with Crippen molar-refractivity contribution in [3.63, 3.8) is 0 Å². The summed E-state index contributed by atoms with van der Waals surface area (Å²) in [5, 5.41) is 7.22. The number of fused-ring (bicyclic) bond motifs is 3. The largest absolute Gasteiger partial charge is 0.464 e. The van der Waals surface area contributed by atoms with Crippen molar-refractivity contribution in [2.45, 2.75) is 51.8 Å². The molecule has 3 aromatic carbocycles. The lowest BCUT2D eigenvalue weighted by Crippen LogP contribution is -2.33. The second-order valence-corrected chi connectivity index (χ2v) is 9.39. The highest BCUT2D eigenvalue weighted by Gasteiger charge is 2.40. The molecule has 3 nitrogen and oxygen atoms in total. The van der Waals surface area contributed by atoms with Crippen LogP contribution in [0.3, 0.4) is 0 Å². The monoisotopic (exact) mass is 396 g/mol. The lowest BCUT2D eigenvalue weighted by Gasteiger charge is -2.38. The van der Waals surface area contributed by atoms with Crippen LogP contribution in [0.25, 0.3) is 0 Å². The molecule has 2 heterocycles. The molecule has 3 aromatic rings.